The quantitative estimate of drug-likeness (QED) is 0.558. The Balaban J connectivity index is 2.03. The van der Waals surface area contributed by atoms with Gasteiger partial charge < -0.3 is 5.32 Å². The van der Waals surface area contributed by atoms with Gasteiger partial charge in [-0.25, -0.2) is 4.39 Å². The summed E-state index contributed by atoms with van der Waals surface area (Å²) in [5.41, 5.74) is 0. The fraction of sp³-hybridized carbons (Fsp3) is 0.571. The number of hydrogen-bond acceptors (Lipinski definition) is 2. The van der Waals surface area contributed by atoms with Gasteiger partial charge >= 0.3 is 0 Å². The van der Waals surface area contributed by atoms with Gasteiger partial charge in [-0.15, -0.1) is 11.8 Å². The summed E-state index contributed by atoms with van der Waals surface area (Å²) in [4.78, 5) is 0.766. The minimum absolute atomic E-state index is 0.101. The molecule has 17 heavy (non-hydrogen) atoms. The summed E-state index contributed by atoms with van der Waals surface area (Å²) in [6.45, 7) is 6.57. The third-order valence-electron chi connectivity index (χ3n) is 2.39. The second-order valence-corrected chi connectivity index (χ2v) is 5.72. The Labute approximate surface area is 108 Å². The standard InChI is InChI=1S/C14H22FNS/c1-12(2)11-16-9-5-6-10-17-14-8-4-3-7-13(14)15/h3-4,7-8,12,16H,5-6,9-11H2,1-2H3. The Morgan fingerprint density at radius 2 is 2.00 bits per heavy atom. The molecule has 96 valence electrons. The van der Waals surface area contributed by atoms with Crippen LogP contribution in [-0.4, -0.2) is 18.8 Å². The van der Waals surface area contributed by atoms with Gasteiger partial charge in [0.15, 0.2) is 0 Å². The first-order chi connectivity index (χ1) is 8.20. The molecule has 0 amide bonds. The van der Waals surface area contributed by atoms with E-state index in [2.05, 4.69) is 19.2 Å². The number of thioether (sulfide) groups is 1. The average Bonchev–Trinajstić information content (AvgIpc) is 2.30. The van der Waals surface area contributed by atoms with Gasteiger partial charge in [0.25, 0.3) is 0 Å². The maximum Gasteiger partial charge on any atom is 0.136 e. The van der Waals surface area contributed by atoms with Crippen molar-refractivity contribution in [3.8, 4) is 0 Å². The van der Waals surface area contributed by atoms with Crippen molar-refractivity contribution in [2.75, 3.05) is 18.8 Å². The molecular weight excluding hydrogens is 233 g/mol. The molecule has 0 saturated carbocycles. The van der Waals surface area contributed by atoms with Crippen LogP contribution in [0, 0.1) is 11.7 Å². The van der Waals surface area contributed by atoms with Crippen LogP contribution in [0.15, 0.2) is 29.2 Å². The van der Waals surface area contributed by atoms with Crippen molar-refractivity contribution in [3.05, 3.63) is 30.1 Å². The topological polar surface area (TPSA) is 12.0 Å². The van der Waals surface area contributed by atoms with Gasteiger partial charge in [0.05, 0.1) is 0 Å². The molecule has 0 fully saturated rings. The van der Waals surface area contributed by atoms with Gasteiger partial charge in [-0.1, -0.05) is 26.0 Å². The van der Waals surface area contributed by atoms with Crippen molar-refractivity contribution >= 4 is 11.8 Å². The Morgan fingerprint density at radius 1 is 1.24 bits per heavy atom. The van der Waals surface area contributed by atoms with Crippen LogP contribution in [0.1, 0.15) is 26.7 Å². The molecule has 0 aliphatic carbocycles. The zero-order valence-electron chi connectivity index (χ0n) is 10.7. The molecule has 1 rings (SSSR count). The zero-order valence-corrected chi connectivity index (χ0v) is 11.5. The fourth-order valence-electron chi connectivity index (χ4n) is 1.49. The van der Waals surface area contributed by atoms with E-state index in [4.69, 9.17) is 0 Å². The molecule has 0 heterocycles. The maximum absolute atomic E-state index is 13.3. The van der Waals surface area contributed by atoms with Crippen molar-refractivity contribution in [2.24, 2.45) is 5.92 Å². The molecule has 0 aliphatic rings. The van der Waals surface area contributed by atoms with Gasteiger partial charge in [-0.2, -0.15) is 0 Å². The molecule has 0 saturated heterocycles. The molecular formula is C14H22FNS. The van der Waals surface area contributed by atoms with E-state index in [1.54, 1.807) is 17.8 Å². The predicted octanol–water partition coefficient (Wildman–Crippen LogP) is 3.94. The molecule has 1 N–H and O–H groups in total. The number of nitrogens with one attached hydrogen (secondary N) is 1. The number of unbranched alkanes of at least 4 members (excludes halogenated alkanes) is 1. The number of rotatable bonds is 8. The Bertz CT molecular complexity index is 315. The number of hydrogen-bond donors (Lipinski definition) is 1. The molecule has 0 aliphatic heterocycles. The lowest BCUT2D eigenvalue weighted by Gasteiger charge is -2.07. The molecule has 0 spiro atoms. The predicted molar refractivity (Wildman–Crippen MR) is 74.1 cm³/mol. The summed E-state index contributed by atoms with van der Waals surface area (Å²) in [6.07, 6.45) is 2.29. The zero-order chi connectivity index (χ0) is 12.5. The minimum Gasteiger partial charge on any atom is -0.316 e. The fourth-order valence-corrected chi connectivity index (χ4v) is 2.44. The van der Waals surface area contributed by atoms with E-state index in [0.717, 1.165) is 36.6 Å². The highest BCUT2D eigenvalue weighted by Gasteiger charge is 2.00. The van der Waals surface area contributed by atoms with Gasteiger partial charge in [-0.05, 0) is 49.7 Å². The molecule has 0 bridgehead atoms. The van der Waals surface area contributed by atoms with E-state index in [-0.39, 0.29) is 5.82 Å². The van der Waals surface area contributed by atoms with E-state index < -0.39 is 0 Å². The normalized spacial score (nSPS) is 11.1. The smallest absolute Gasteiger partial charge is 0.136 e. The van der Waals surface area contributed by atoms with Crippen molar-refractivity contribution in [3.63, 3.8) is 0 Å². The number of benzene rings is 1. The van der Waals surface area contributed by atoms with Crippen LogP contribution in [0.25, 0.3) is 0 Å². The van der Waals surface area contributed by atoms with Crippen LogP contribution < -0.4 is 5.32 Å². The van der Waals surface area contributed by atoms with Crippen molar-refractivity contribution in [2.45, 2.75) is 31.6 Å². The number of halogens is 1. The first kappa shape index (κ1) is 14.5. The van der Waals surface area contributed by atoms with Crippen molar-refractivity contribution in [1.29, 1.82) is 0 Å². The minimum atomic E-state index is -0.101. The maximum atomic E-state index is 13.3. The highest BCUT2D eigenvalue weighted by molar-refractivity contribution is 7.99. The molecule has 3 heteroatoms. The first-order valence-corrected chi connectivity index (χ1v) is 7.26. The molecule has 1 aromatic rings. The lowest BCUT2D eigenvalue weighted by atomic mass is 10.2. The van der Waals surface area contributed by atoms with Crippen LogP contribution in [-0.2, 0) is 0 Å². The van der Waals surface area contributed by atoms with Gasteiger partial charge in [0, 0.05) is 4.90 Å². The monoisotopic (exact) mass is 255 g/mol. The molecule has 0 aromatic heterocycles. The lowest BCUT2D eigenvalue weighted by molar-refractivity contribution is 0.541. The van der Waals surface area contributed by atoms with Crippen LogP contribution in [0.4, 0.5) is 4.39 Å². The van der Waals surface area contributed by atoms with Gasteiger partial charge in [-0.3, -0.25) is 0 Å². The third kappa shape index (κ3) is 6.69. The average molecular weight is 255 g/mol. The summed E-state index contributed by atoms with van der Waals surface area (Å²) >= 11 is 1.61. The third-order valence-corrected chi connectivity index (χ3v) is 3.53. The van der Waals surface area contributed by atoms with Crippen LogP contribution in [0.3, 0.4) is 0 Å². The molecule has 0 radical (unpaired) electrons. The van der Waals surface area contributed by atoms with Crippen LogP contribution in [0.2, 0.25) is 0 Å². The van der Waals surface area contributed by atoms with Crippen molar-refractivity contribution in [1.82, 2.24) is 5.32 Å². The first-order valence-electron chi connectivity index (χ1n) is 6.28. The van der Waals surface area contributed by atoms with E-state index in [9.17, 15) is 4.39 Å². The second kappa shape index (κ2) is 8.54. The van der Waals surface area contributed by atoms with Gasteiger partial charge in [0.2, 0.25) is 0 Å². The van der Waals surface area contributed by atoms with E-state index in [1.165, 1.54) is 6.07 Å². The molecule has 0 unspecified atom stereocenters. The SMILES string of the molecule is CC(C)CNCCCCSc1ccccc1F. The summed E-state index contributed by atoms with van der Waals surface area (Å²) in [5.74, 6) is 1.60. The summed E-state index contributed by atoms with van der Waals surface area (Å²) in [7, 11) is 0. The van der Waals surface area contributed by atoms with E-state index in [1.807, 2.05) is 12.1 Å². The Morgan fingerprint density at radius 3 is 2.71 bits per heavy atom. The highest BCUT2D eigenvalue weighted by Crippen LogP contribution is 2.21. The summed E-state index contributed by atoms with van der Waals surface area (Å²) in [6, 6.07) is 6.98. The Kier molecular flexibility index (Phi) is 7.29. The second-order valence-electron chi connectivity index (χ2n) is 4.58. The molecule has 0 atom stereocenters. The lowest BCUT2D eigenvalue weighted by Crippen LogP contribution is -2.20. The largest absolute Gasteiger partial charge is 0.316 e. The van der Waals surface area contributed by atoms with Crippen LogP contribution in [0.5, 0.6) is 0 Å². The van der Waals surface area contributed by atoms with E-state index >= 15 is 0 Å². The summed E-state index contributed by atoms with van der Waals surface area (Å²) < 4.78 is 13.3. The van der Waals surface area contributed by atoms with Crippen LogP contribution >= 0.6 is 11.8 Å². The highest BCUT2D eigenvalue weighted by atomic mass is 32.2. The van der Waals surface area contributed by atoms with Gasteiger partial charge in [0.1, 0.15) is 5.82 Å². The Hall–Kier alpha value is -0.540. The van der Waals surface area contributed by atoms with E-state index in [0.29, 0.717) is 5.92 Å². The molecule has 1 nitrogen and oxygen atoms in total. The van der Waals surface area contributed by atoms with Crippen molar-refractivity contribution < 1.29 is 4.39 Å². The summed E-state index contributed by atoms with van der Waals surface area (Å²) in [5, 5.41) is 3.41. The molecule has 1 aromatic carbocycles.